The second kappa shape index (κ2) is 6.87. The van der Waals surface area contributed by atoms with Crippen LogP contribution in [-0.4, -0.2) is 44.6 Å². The fourth-order valence-corrected chi connectivity index (χ4v) is 4.54. The summed E-state index contributed by atoms with van der Waals surface area (Å²) in [5.41, 5.74) is 1.30. The van der Waals surface area contributed by atoms with Crippen molar-refractivity contribution in [2.45, 2.75) is 31.3 Å². The Morgan fingerprint density at radius 2 is 2.00 bits per heavy atom. The highest BCUT2D eigenvalue weighted by molar-refractivity contribution is 7.89. The molecule has 0 aromatic heterocycles. The number of hydrogen-bond acceptors (Lipinski definition) is 4. The van der Waals surface area contributed by atoms with Crippen molar-refractivity contribution in [2.75, 3.05) is 26.8 Å². The summed E-state index contributed by atoms with van der Waals surface area (Å²) in [6.07, 6.45) is 1.65. The molecule has 0 spiro atoms. The molecule has 0 amide bonds. The number of aliphatic hydroxyl groups is 1. The van der Waals surface area contributed by atoms with Gasteiger partial charge in [-0.3, -0.25) is 0 Å². The normalized spacial score (nSPS) is 18.0. The molecule has 0 radical (unpaired) electrons. The van der Waals surface area contributed by atoms with Crippen LogP contribution < -0.4 is 0 Å². The minimum Gasteiger partial charge on any atom is -0.392 e. The van der Waals surface area contributed by atoms with Crippen LogP contribution in [0.25, 0.3) is 0 Å². The van der Waals surface area contributed by atoms with E-state index in [4.69, 9.17) is 4.74 Å². The van der Waals surface area contributed by atoms with Crippen molar-refractivity contribution < 1.29 is 18.3 Å². The third-order valence-corrected chi connectivity index (χ3v) is 6.20. The number of hydrogen-bond donors (Lipinski definition) is 1. The third-order valence-electron chi connectivity index (χ3n) is 4.16. The first-order chi connectivity index (χ1) is 10.0. The second-order valence-electron chi connectivity index (χ2n) is 5.50. The van der Waals surface area contributed by atoms with Crippen LogP contribution in [0.15, 0.2) is 23.1 Å². The van der Waals surface area contributed by atoms with Crippen molar-refractivity contribution in [1.29, 1.82) is 0 Å². The molecule has 1 aliphatic rings. The molecule has 0 atom stereocenters. The molecule has 1 aromatic carbocycles. The summed E-state index contributed by atoms with van der Waals surface area (Å²) in [4.78, 5) is 0.305. The van der Waals surface area contributed by atoms with Gasteiger partial charge in [0.05, 0.1) is 11.5 Å². The Morgan fingerprint density at radius 3 is 2.57 bits per heavy atom. The molecular formula is C15H23NO4S. The lowest BCUT2D eigenvalue weighted by Gasteiger charge is -2.31. The van der Waals surface area contributed by atoms with E-state index in [2.05, 4.69) is 0 Å². The van der Waals surface area contributed by atoms with Crippen LogP contribution in [0.3, 0.4) is 0 Å². The van der Waals surface area contributed by atoms with Crippen LogP contribution in [0.5, 0.6) is 0 Å². The van der Waals surface area contributed by atoms with Crippen molar-refractivity contribution in [3.8, 4) is 0 Å². The first-order valence-electron chi connectivity index (χ1n) is 7.19. The zero-order valence-corrected chi connectivity index (χ0v) is 13.4. The Bertz CT molecular complexity index is 577. The molecule has 0 unspecified atom stereocenters. The van der Waals surface area contributed by atoms with Gasteiger partial charge in [-0.25, -0.2) is 8.42 Å². The molecule has 1 saturated heterocycles. The van der Waals surface area contributed by atoms with Crippen LogP contribution in [0.4, 0.5) is 0 Å². The molecular weight excluding hydrogens is 290 g/mol. The Labute approximate surface area is 126 Å². The summed E-state index contributed by atoms with van der Waals surface area (Å²) in [7, 11) is -1.81. The molecule has 1 N–H and O–H groups in total. The summed E-state index contributed by atoms with van der Waals surface area (Å²) >= 11 is 0. The van der Waals surface area contributed by atoms with Gasteiger partial charge in [0.2, 0.25) is 10.0 Å². The number of aliphatic hydroxyl groups excluding tert-OH is 1. The SMILES string of the molecule is COCC1CCN(S(=O)(=O)c2cccc(CO)c2C)CC1. The Balaban J connectivity index is 2.20. The van der Waals surface area contributed by atoms with Crippen LogP contribution in [-0.2, 0) is 21.4 Å². The Kier molecular flexibility index (Phi) is 5.37. The maximum atomic E-state index is 12.8. The third kappa shape index (κ3) is 3.45. The number of rotatable bonds is 5. The number of sulfonamides is 1. The molecule has 1 fully saturated rings. The average Bonchev–Trinajstić information content (AvgIpc) is 2.48. The van der Waals surface area contributed by atoms with Gasteiger partial charge in [0.15, 0.2) is 0 Å². The van der Waals surface area contributed by atoms with Gasteiger partial charge in [-0.05, 0) is 42.9 Å². The maximum absolute atomic E-state index is 12.8. The summed E-state index contributed by atoms with van der Waals surface area (Å²) in [5.74, 6) is 0.436. The van der Waals surface area contributed by atoms with Crippen LogP contribution >= 0.6 is 0 Å². The monoisotopic (exact) mass is 313 g/mol. The lowest BCUT2D eigenvalue weighted by Crippen LogP contribution is -2.39. The molecule has 6 heteroatoms. The zero-order chi connectivity index (χ0) is 15.5. The number of piperidine rings is 1. The van der Waals surface area contributed by atoms with Crippen LogP contribution in [0.1, 0.15) is 24.0 Å². The summed E-state index contributed by atoms with van der Waals surface area (Å²) < 4.78 is 32.2. The second-order valence-corrected chi connectivity index (χ2v) is 7.41. The van der Waals surface area contributed by atoms with E-state index in [9.17, 15) is 13.5 Å². The van der Waals surface area contributed by atoms with Gasteiger partial charge in [0, 0.05) is 26.8 Å². The number of methoxy groups -OCH3 is 1. The molecule has 21 heavy (non-hydrogen) atoms. The molecule has 1 aliphatic heterocycles. The smallest absolute Gasteiger partial charge is 0.243 e. The maximum Gasteiger partial charge on any atom is 0.243 e. The fraction of sp³-hybridized carbons (Fsp3) is 0.600. The highest BCUT2D eigenvalue weighted by Crippen LogP contribution is 2.27. The highest BCUT2D eigenvalue weighted by Gasteiger charge is 2.30. The molecule has 5 nitrogen and oxygen atoms in total. The van der Waals surface area contributed by atoms with Gasteiger partial charge >= 0.3 is 0 Å². The molecule has 0 saturated carbocycles. The van der Waals surface area contributed by atoms with E-state index in [1.165, 1.54) is 0 Å². The van der Waals surface area contributed by atoms with Gasteiger partial charge in [0.1, 0.15) is 0 Å². The first-order valence-corrected chi connectivity index (χ1v) is 8.63. The van der Waals surface area contributed by atoms with E-state index in [0.29, 0.717) is 41.6 Å². The summed E-state index contributed by atoms with van der Waals surface area (Å²) in [6, 6.07) is 5.05. The predicted molar refractivity (Wildman–Crippen MR) is 80.5 cm³/mol. The highest BCUT2D eigenvalue weighted by atomic mass is 32.2. The van der Waals surface area contributed by atoms with E-state index in [1.54, 1.807) is 36.5 Å². The zero-order valence-electron chi connectivity index (χ0n) is 12.6. The number of ether oxygens (including phenoxy) is 1. The van der Waals surface area contributed by atoms with Crippen molar-refractivity contribution >= 4 is 10.0 Å². The Hall–Kier alpha value is -0.950. The quantitative estimate of drug-likeness (QED) is 0.895. The first kappa shape index (κ1) is 16.4. The van der Waals surface area contributed by atoms with Gasteiger partial charge < -0.3 is 9.84 Å². The van der Waals surface area contributed by atoms with E-state index >= 15 is 0 Å². The average molecular weight is 313 g/mol. The van der Waals surface area contributed by atoms with Gasteiger partial charge in [-0.2, -0.15) is 4.31 Å². The van der Waals surface area contributed by atoms with Crippen LogP contribution in [0, 0.1) is 12.8 Å². The predicted octanol–water partition coefficient (Wildman–Crippen LogP) is 1.53. The minimum atomic E-state index is -3.48. The lowest BCUT2D eigenvalue weighted by atomic mass is 9.99. The topological polar surface area (TPSA) is 66.8 Å². The van der Waals surface area contributed by atoms with Crippen LogP contribution in [0.2, 0.25) is 0 Å². The summed E-state index contributed by atoms with van der Waals surface area (Å²) in [5, 5.41) is 9.29. The summed E-state index contributed by atoms with van der Waals surface area (Å²) in [6.45, 7) is 3.34. The van der Waals surface area contributed by atoms with E-state index in [0.717, 1.165) is 12.8 Å². The molecule has 1 aromatic rings. The van der Waals surface area contributed by atoms with E-state index < -0.39 is 10.0 Å². The largest absolute Gasteiger partial charge is 0.392 e. The van der Waals surface area contributed by atoms with Crippen molar-refractivity contribution in [3.05, 3.63) is 29.3 Å². The standard InChI is InChI=1S/C15H23NO4S/c1-12-14(10-17)4-3-5-15(12)21(18,19)16-8-6-13(7-9-16)11-20-2/h3-5,13,17H,6-11H2,1-2H3. The molecule has 0 aliphatic carbocycles. The fourth-order valence-electron chi connectivity index (χ4n) is 2.80. The van der Waals surface area contributed by atoms with Gasteiger partial charge in [0.25, 0.3) is 0 Å². The van der Waals surface area contributed by atoms with Crippen molar-refractivity contribution in [1.82, 2.24) is 4.31 Å². The molecule has 0 bridgehead atoms. The molecule has 1 heterocycles. The van der Waals surface area contributed by atoms with E-state index in [1.807, 2.05) is 0 Å². The van der Waals surface area contributed by atoms with Gasteiger partial charge in [-0.15, -0.1) is 0 Å². The minimum absolute atomic E-state index is 0.148. The van der Waals surface area contributed by atoms with Gasteiger partial charge in [-0.1, -0.05) is 12.1 Å². The number of benzene rings is 1. The van der Waals surface area contributed by atoms with Crippen molar-refractivity contribution in [3.63, 3.8) is 0 Å². The lowest BCUT2D eigenvalue weighted by molar-refractivity contribution is 0.121. The molecule has 118 valence electrons. The Morgan fingerprint density at radius 1 is 1.33 bits per heavy atom. The number of nitrogens with zero attached hydrogens (tertiary/aromatic N) is 1. The van der Waals surface area contributed by atoms with E-state index in [-0.39, 0.29) is 6.61 Å². The van der Waals surface area contributed by atoms with Crippen molar-refractivity contribution in [2.24, 2.45) is 5.92 Å². The molecule has 2 rings (SSSR count).